The molecule has 0 spiro atoms. The fourth-order valence-electron chi connectivity index (χ4n) is 1.39. The molecule has 0 aromatic rings. The smallest absolute Gasteiger partial charge is 0.0102 e. The molecule has 0 N–H and O–H groups in total. The highest BCUT2D eigenvalue weighted by atomic mass is 32.2. The fraction of sp³-hybridized carbons (Fsp3) is 0.818. The van der Waals surface area contributed by atoms with E-state index in [4.69, 9.17) is 0 Å². The summed E-state index contributed by atoms with van der Waals surface area (Å²) in [6, 6.07) is 0. The molecule has 1 unspecified atom stereocenters. The Morgan fingerprint density at radius 2 is 1.50 bits per heavy atom. The lowest BCUT2D eigenvalue weighted by molar-refractivity contribution is 0.530. The van der Waals surface area contributed by atoms with Gasteiger partial charge in [-0.2, -0.15) is 0 Å². The number of rotatable bonds is 10. The summed E-state index contributed by atoms with van der Waals surface area (Å²) in [5.41, 5.74) is 0. The first-order valence-electron chi connectivity index (χ1n) is 5.44. The van der Waals surface area contributed by atoms with Gasteiger partial charge < -0.3 is 4.55 Å². The Balaban J connectivity index is 2.92. The topological polar surface area (TPSA) is 40.1 Å². The van der Waals surface area contributed by atoms with Crippen LogP contribution in [0, 0.1) is 0 Å². The van der Waals surface area contributed by atoms with Crippen LogP contribution in [0.3, 0.4) is 0 Å². The van der Waals surface area contributed by atoms with Crippen molar-refractivity contribution in [2.45, 2.75) is 51.4 Å². The van der Waals surface area contributed by atoms with Gasteiger partial charge in [-0.05, 0) is 19.3 Å². The summed E-state index contributed by atoms with van der Waals surface area (Å²) in [4.78, 5) is 0. The monoisotopic (exact) mass is 217 g/mol. The molecule has 0 saturated carbocycles. The first kappa shape index (κ1) is 13.8. The van der Waals surface area contributed by atoms with E-state index in [0.29, 0.717) is 5.75 Å². The lowest BCUT2D eigenvalue weighted by atomic mass is 10.1. The Labute approximate surface area is 90.1 Å². The lowest BCUT2D eigenvalue weighted by Crippen LogP contribution is -1.94. The average Bonchev–Trinajstić information content (AvgIpc) is 2.15. The summed E-state index contributed by atoms with van der Waals surface area (Å²) in [5, 5.41) is 0. The van der Waals surface area contributed by atoms with Gasteiger partial charge in [0.2, 0.25) is 0 Å². The molecule has 0 heterocycles. The van der Waals surface area contributed by atoms with Crippen molar-refractivity contribution < 1.29 is 8.76 Å². The van der Waals surface area contributed by atoms with E-state index in [1.54, 1.807) is 0 Å². The molecule has 0 aliphatic carbocycles. The van der Waals surface area contributed by atoms with Crippen LogP contribution in [0.15, 0.2) is 12.7 Å². The van der Waals surface area contributed by atoms with E-state index in [-0.39, 0.29) is 0 Å². The van der Waals surface area contributed by atoms with Crippen molar-refractivity contribution in [2.75, 3.05) is 5.75 Å². The molecule has 2 nitrogen and oxygen atoms in total. The highest BCUT2D eigenvalue weighted by molar-refractivity contribution is 7.79. The molecule has 84 valence electrons. The Morgan fingerprint density at radius 3 is 2.00 bits per heavy atom. The van der Waals surface area contributed by atoms with Gasteiger partial charge in [0.1, 0.15) is 0 Å². The third-order valence-electron chi connectivity index (χ3n) is 2.22. The van der Waals surface area contributed by atoms with Gasteiger partial charge >= 0.3 is 0 Å². The highest BCUT2D eigenvalue weighted by Gasteiger charge is 1.91. The normalized spacial score (nSPS) is 12.6. The molecule has 1 atom stereocenters. The predicted octanol–water partition coefficient (Wildman–Crippen LogP) is 3.17. The van der Waals surface area contributed by atoms with Crippen LogP contribution in [-0.4, -0.2) is 14.5 Å². The summed E-state index contributed by atoms with van der Waals surface area (Å²) in [5.74, 6) is 0.330. The largest absolute Gasteiger partial charge is 0.772 e. The summed E-state index contributed by atoms with van der Waals surface area (Å²) in [6.07, 6.45) is 11.2. The molecule has 0 radical (unpaired) electrons. The molecular formula is C11H21O2S-. The van der Waals surface area contributed by atoms with Crippen molar-refractivity contribution in [3.8, 4) is 0 Å². The highest BCUT2D eigenvalue weighted by Crippen LogP contribution is 2.08. The standard InChI is InChI=1S/C11H22O2S/c1-2-3-4-5-6-7-8-9-10-11-14(12)13/h2H,1,3-11H2,(H,12,13)/p-1. The van der Waals surface area contributed by atoms with Crippen LogP contribution in [-0.2, 0) is 11.1 Å². The van der Waals surface area contributed by atoms with Crippen molar-refractivity contribution in [1.29, 1.82) is 0 Å². The lowest BCUT2D eigenvalue weighted by Gasteiger charge is -2.04. The zero-order valence-corrected chi connectivity index (χ0v) is 9.69. The maximum absolute atomic E-state index is 10.2. The van der Waals surface area contributed by atoms with Gasteiger partial charge in [-0.1, -0.05) is 49.3 Å². The van der Waals surface area contributed by atoms with Gasteiger partial charge in [0.15, 0.2) is 0 Å². The summed E-state index contributed by atoms with van der Waals surface area (Å²) in [6.45, 7) is 3.68. The summed E-state index contributed by atoms with van der Waals surface area (Å²) in [7, 11) is 0. The molecular weight excluding hydrogens is 196 g/mol. The first-order valence-corrected chi connectivity index (χ1v) is 6.68. The van der Waals surface area contributed by atoms with Gasteiger partial charge in [-0.3, -0.25) is 4.21 Å². The van der Waals surface area contributed by atoms with Crippen LogP contribution in [0.5, 0.6) is 0 Å². The third kappa shape index (κ3) is 11.8. The minimum Gasteiger partial charge on any atom is -0.772 e. The second-order valence-corrected chi connectivity index (χ2v) is 4.58. The molecule has 0 amide bonds. The Kier molecular flexibility index (Phi) is 10.8. The van der Waals surface area contributed by atoms with Crippen molar-refractivity contribution in [3.63, 3.8) is 0 Å². The number of hydrogen-bond donors (Lipinski definition) is 0. The van der Waals surface area contributed by atoms with Crippen molar-refractivity contribution in [3.05, 3.63) is 12.7 Å². The molecule has 0 bridgehead atoms. The van der Waals surface area contributed by atoms with E-state index in [1.165, 1.54) is 32.1 Å². The van der Waals surface area contributed by atoms with Gasteiger partial charge in [-0.25, -0.2) is 0 Å². The molecule has 0 aliphatic heterocycles. The second-order valence-electron chi connectivity index (χ2n) is 3.56. The van der Waals surface area contributed by atoms with E-state index in [1.807, 2.05) is 6.08 Å². The van der Waals surface area contributed by atoms with Crippen LogP contribution >= 0.6 is 0 Å². The average molecular weight is 217 g/mol. The maximum atomic E-state index is 10.2. The molecule has 0 aromatic carbocycles. The second kappa shape index (κ2) is 10.9. The van der Waals surface area contributed by atoms with Crippen LogP contribution in [0.1, 0.15) is 51.4 Å². The predicted molar refractivity (Wildman–Crippen MR) is 60.9 cm³/mol. The SMILES string of the molecule is C=CCCCCCCCCCS(=O)[O-]. The molecule has 0 rings (SSSR count). The van der Waals surface area contributed by atoms with Crippen LogP contribution in [0.25, 0.3) is 0 Å². The number of unbranched alkanes of at least 4 members (excludes halogenated alkanes) is 7. The fourth-order valence-corrected chi connectivity index (χ4v) is 1.83. The van der Waals surface area contributed by atoms with Crippen molar-refractivity contribution >= 4 is 11.1 Å². The third-order valence-corrected chi connectivity index (χ3v) is 2.84. The zero-order valence-electron chi connectivity index (χ0n) is 8.87. The van der Waals surface area contributed by atoms with Gasteiger partial charge in [0.05, 0.1) is 0 Å². The van der Waals surface area contributed by atoms with E-state index in [2.05, 4.69) is 6.58 Å². The van der Waals surface area contributed by atoms with Crippen LogP contribution < -0.4 is 0 Å². The molecule has 0 aliphatic rings. The van der Waals surface area contributed by atoms with Crippen molar-refractivity contribution in [2.24, 2.45) is 0 Å². The minimum absolute atomic E-state index is 0.330. The Bertz CT molecular complexity index is 157. The molecule has 3 heteroatoms. The van der Waals surface area contributed by atoms with E-state index in [0.717, 1.165) is 19.3 Å². The van der Waals surface area contributed by atoms with Gasteiger partial charge in [0.25, 0.3) is 0 Å². The van der Waals surface area contributed by atoms with Crippen molar-refractivity contribution in [1.82, 2.24) is 0 Å². The summed E-state index contributed by atoms with van der Waals surface area (Å²) < 4.78 is 20.4. The number of allylic oxidation sites excluding steroid dienone is 1. The first-order chi connectivity index (χ1) is 6.77. The number of hydrogen-bond acceptors (Lipinski definition) is 2. The van der Waals surface area contributed by atoms with Gasteiger partial charge in [-0.15, -0.1) is 6.58 Å². The van der Waals surface area contributed by atoms with E-state index < -0.39 is 11.1 Å². The molecule has 0 aromatic heterocycles. The zero-order chi connectivity index (χ0) is 10.6. The minimum atomic E-state index is -1.84. The Morgan fingerprint density at radius 1 is 1.00 bits per heavy atom. The quantitative estimate of drug-likeness (QED) is 0.320. The molecule has 0 fully saturated rings. The van der Waals surface area contributed by atoms with E-state index in [9.17, 15) is 8.76 Å². The maximum Gasteiger partial charge on any atom is 0.0102 e. The van der Waals surface area contributed by atoms with Gasteiger partial charge in [0, 0.05) is 5.75 Å². The molecule has 0 saturated heterocycles. The van der Waals surface area contributed by atoms with Crippen LogP contribution in [0.2, 0.25) is 0 Å². The summed E-state index contributed by atoms with van der Waals surface area (Å²) >= 11 is -1.84. The Hall–Kier alpha value is -0.150. The van der Waals surface area contributed by atoms with E-state index >= 15 is 0 Å². The molecule has 14 heavy (non-hydrogen) atoms. The van der Waals surface area contributed by atoms with Crippen LogP contribution in [0.4, 0.5) is 0 Å².